The fourth-order valence-electron chi connectivity index (χ4n) is 2.59. The van der Waals surface area contributed by atoms with Crippen LogP contribution in [-0.4, -0.2) is 52.4 Å². The molecule has 0 radical (unpaired) electrons. The van der Waals surface area contributed by atoms with E-state index in [1.165, 1.54) is 6.26 Å². The van der Waals surface area contributed by atoms with Crippen molar-refractivity contribution in [2.75, 3.05) is 39.1 Å². The number of halogens is 2. The molecule has 1 saturated heterocycles. The molecule has 1 atom stereocenters. The van der Waals surface area contributed by atoms with Crippen molar-refractivity contribution in [3.63, 3.8) is 0 Å². The zero-order valence-corrected chi connectivity index (χ0v) is 13.7. The molecule has 7 heteroatoms. The van der Waals surface area contributed by atoms with Crippen molar-refractivity contribution in [1.29, 1.82) is 0 Å². The Bertz CT molecular complexity index is 530. The fourth-order valence-corrected chi connectivity index (χ4v) is 3.22. The van der Waals surface area contributed by atoms with Gasteiger partial charge in [-0.1, -0.05) is 12.1 Å². The molecule has 0 bridgehead atoms. The van der Waals surface area contributed by atoms with Crippen LogP contribution in [0.25, 0.3) is 0 Å². The van der Waals surface area contributed by atoms with Crippen LogP contribution in [0.2, 0.25) is 0 Å². The summed E-state index contributed by atoms with van der Waals surface area (Å²) in [6, 6.07) is 6.85. The third kappa shape index (κ3) is 4.92. The number of sulfone groups is 1. The minimum absolute atomic E-state index is 0. The Kier molecular flexibility index (Phi) is 7.06. The molecule has 120 valence electrons. The van der Waals surface area contributed by atoms with Gasteiger partial charge in [0.25, 0.3) is 0 Å². The van der Waals surface area contributed by atoms with Crippen molar-refractivity contribution in [3.05, 3.63) is 29.8 Å². The van der Waals surface area contributed by atoms with Gasteiger partial charge in [0.05, 0.1) is 11.6 Å². The summed E-state index contributed by atoms with van der Waals surface area (Å²) in [6.45, 7) is 3.22. The molecule has 0 amide bonds. The average molecular weight is 337 g/mol. The van der Waals surface area contributed by atoms with E-state index in [0.29, 0.717) is 11.3 Å². The van der Waals surface area contributed by atoms with Gasteiger partial charge in [-0.15, -0.1) is 12.4 Å². The lowest BCUT2D eigenvalue weighted by molar-refractivity contribution is 0.157. The van der Waals surface area contributed by atoms with Crippen molar-refractivity contribution in [3.8, 4) is 0 Å². The summed E-state index contributed by atoms with van der Waals surface area (Å²) < 4.78 is 35.7. The van der Waals surface area contributed by atoms with Gasteiger partial charge in [0.2, 0.25) is 0 Å². The van der Waals surface area contributed by atoms with Crippen molar-refractivity contribution in [1.82, 2.24) is 10.2 Å². The fraction of sp³-hybridized carbons (Fsp3) is 0.571. The zero-order valence-electron chi connectivity index (χ0n) is 12.1. The van der Waals surface area contributed by atoms with Crippen molar-refractivity contribution >= 4 is 22.2 Å². The van der Waals surface area contributed by atoms with E-state index >= 15 is 0 Å². The molecule has 0 unspecified atom stereocenters. The molecule has 1 aromatic carbocycles. The number of rotatable bonds is 5. The van der Waals surface area contributed by atoms with Gasteiger partial charge in [-0.2, -0.15) is 0 Å². The highest BCUT2D eigenvalue weighted by atomic mass is 35.5. The smallest absolute Gasteiger partial charge is 0.175 e. The van der Waals surface area contributed by atoms with E-state index in [1.54, 1.807) is 24.3 Å². The molecule has 1 aliphatic heterocycles. The molecule has 4 nitrogen and oxygen atoms in total. The van der Waals surface area contributed by atoms with Gasteiger partial charge in [0, 0.05) is 38.5 Å². The average Bonchev–Trinajstić information content (AvgIpc) is 2.45. The van der Waals surface area contributed by atoms with Crippen LogP contribution in [0.1, 0.15) is 18.0 Å². The standard InChI is InChI=1S/C14H21FN2O2S.ClH/c1-20(18,19)13-4-2-12(3-5-13)14(6-7-15)17-10-8-16-9-11-17;/h2-5,14,16H,6-11H2,1H3;1H/t14-;/m0./s1. The van der Waals surface area contributed by atoms with E-state index < -0.39 is 9.84 Å². The maximum Gasteiger partial charge on any atom is 0.175 e. The Hall–Kier alpha value is -0.690. The SMILES string of the molecule is CS(=O)(=O)c1ccc([C@H](CCF)N2CCNCC2)cc1.Cl. The number of alkyl halides is 1. The number of piperazine rings is 1. The summed E-state index contributed by atoms with van der Waals surface area (Å²) >= 11 is 0. The van der Waals surface area contributed by atoms with E-state index in [4.69, 9.17) is 0 Å². The third-order valence-corrected chi connectivity index (χ3v) is 4.80. The Morgan fingerprint density at radius 2 is 1.81 bits per heavy atom. The predicted octanol–water partition coefficient (Wildman–Crippen LogP) is 1.82. The molecule has 1 fully saturated rings. The summed E-state index contributed by atoms with van der Waals surface area (Å²) in [5.74, 6) is 0. The highest BCUT2D eigenvalue weighted by molar-refractivity contribution is 7.90. The van der Waals surface area contributed by atoms with Crippen molar-refractivity contribution in [2.45, 2.75) is 17.4 Å². The lowest BCUT2D eigenvalue weighted by Gasteiger charge is -2.35. The Morgan fingerprint density at radius 1 is 1.24 bits per heavy atom. The maximum atomic E-state index is 12.8. The topological polar surface area (TPSA) is 49.4 Å². The van der Waals surface area contributed by atoms with E-state index in [1.807, 2.05) is 0 Å². The highest BCUT2D eigenvalue weighted by Gasteiger charge is 2.22. The van der Waals surface area contributed by atoms with Crippen LogP contribution in [0.4, 0.5) is 4.39 Å². The Labute approximate surface area is 132 Å². The largest absolute Gasteiger partial charge is 0.314 e. The van der Waals surface area contributed by atoms with E-state index in [9.17, 15) is 12.8 Å². The molecule has 0 saturated carbocycles. The second kappa shape index (κ2) is 8.08. The number of hydrogen-bond acceptors (Lipinski definition) is 4. The van der Waals surface area contributed by atoms with Crippen LogP contribution < -0.4 is 5.32 Å². The first-order chi connectivity index (χ1) is 9.52. The van der Waals surface area contributed by atoms with Gasteiger partial charge in [0.1, 0.15) is 0 Å². The van der Waals surface area contributed by atoms with Crippen LogP contribution >= 0.6 is 12.4 Å². The molecule has 1 aliphatic rings. The third-order valence-electron chi connectivity index (χ3n) is 3.67. The minimum atomic E-state index is -3.18. The van der Waals surface area contributed by atoms with E-state index in [-0.39, 0.29) is 25.1 Å². The molecule has 0 aliphatic carbocycles. The predicted molar refractivity (Wildman–Crippen MR) is 84.6 cm³/mol. The first-order valence-corrected chi connectivity index (χ1v) is 8.72. The molecule has 0 aromatic heterocycles. The van der Waals surface area contributed by atoms with Crippen molar-refractivity contribution in [2.24, 2.45) is 0 Å². The van der Waals surface area contributed by atoms with Crippen LogP contribution in [0, 0.1) is 0 Å². The molecule has 21 heavy (non-hydrogen) atoms. The zero-order chi connectivity index (χ0) is 14.6. The van der Waals surface area contributed by atoms with Crippen LogP contribution in [0.5, 0.6) is 0 Å². The molecule has 1 N–H and O–H groups in total. The molecule has 1 aromatic rings. The monoisotopic (exact) mass is 336 g/mol. The van der Waals surface area contributed by atoms with Gasteiger partial charge in [0.15, 0.2) is 9.84 Å². The second-order valence-electron chi connectivity index (χ2n) is 5.12. The van der Waals surface area contributed by atoms with Gasteiger partial charge < -0.3 is 5.32 Å². The normalized spacial score (nSPS) is 18.0. The second-order valence-corrected chi connectivity index (χ2v) is 7.14. The van der Waals surface area contributed by atoms with Crippen LogP contribution in [0.15, 0.2) is 29.2 Å². The molecular weight excluding hydrogens is 315 g/mol. The number of benzene rings is 1. The summed E-state index contributed by atoms with van der Waals surface area (Å²) in [4.78, 5) is 2.56. The van der Waals surface area contributed by atoms with Crippen LogP contribution in [0.3, 0.4) is 0 Å². The molecular formula is C14H22ClFN2O2S. The molecule has 2 rings (SSSR count). The maximum absolute atomic E-state index is 12.8. The number of hydrogen-bond donors (Lipinski definition) is 1. The van der Waals surface area contributed by atoms with Gasteiger partial charge in [-0.05, 0) is 24.1 Å². The molecule has 0 spiro atoms. The van der Waals surface area contributed by atoms with Gasteiger partial charge in [-0.25, -0.2) is 8.42 Å². The van der Waals surface area contributed by atoms with Crippen LogP contribution in [-0.2, 0) is 9.84 Å². The summed E-state index contributed by atoms with van der Waals surface area (Å²) in [5.41, 5.74) is 0.983. The lowest BCUT2D eigenvalue weighted by atomic mass is 10.0. The van der Waals surface area contributed by atoms with E-state index in [0.717, 1.165) is 31.7 Å². The summed E-state index contributed by atoms with van der Waals surface area (Å²) in [7, 11) is -3.18. The van der Waals surface area contributed by atoms with E-state index in [2.05, 4.69) is 10.2 Å². The Balaban J connectivity index is 0.00000220. The Morgan fingerprint density at radius 3 is 2.29 bits per heavy atom. The van der Waals surface area contributed by atoms with Gasteiger partial charge >= 0.3 is 0 Å². The quantitative estimate of drug-likeness (QED) is 0.891. The summed E-state index contributed by atoms with van der Waals surface area (Å²) in [5, 5.41) is 3.28. The summed E-state index contributed by atoms with van der Waals surface area (Å²) in [6.07, 6.45) is 1.63. The van der Waals surface area contributed by atoms with Gasteiger partial charge in [-0.3, -0.25) is 9.29 Å². The first kappa shape index (κ1) is 18.4. The minimum Gasteiger partial charge on any atom is -0.314 e. The van der Waals surface area contributed by atoms with Crippen molar-refractivity contribution < 1.29 is 12.8 Å². The molecule has 1 heterocycles. The lowest BCUT2D eigenvalue weighted by Crippen LogP contribution is -2.45. The highest BCUT2D eigenvalue weighted by Crippen LogP contribution is 2.26. The number of nitrogens with one attached hydrogen (secondary N) is 1. The number of nitrogens with zero attached hydrogens (tertiary/aromatic N) is 1. The first-order valence-electron chi connectivity index (χ1n) is 6.83.